The molecule has 2 rings (SSSR count). The first-order chi connectivity index (χ1) is 12.6. The number of para-hydroxylation sites is 1. The highest BCUT2D eigenvalue weighted by molar-refractivity contribution is 7.54. The molecule has 0 unspecified atom stereocenters. The summed E-state index contributed by atoms with van der Waals surface area (Å²) in [5, 5.41) is 3.28. The van der Waals surface area contributed by atoms with Crippen LogP contribution in [0.2, 0.25) is 0 Å². The molecule has 0 saturated carbocycles. The molecule has 0 saturated heterocycles. The Morgan fingerprint density at radius 3 is 2.15 bits per heavy atom. The fourth-order valence-electron chi connectivity index (χ4n) is 2.62. The van der Waals surface area contributed by atoms with Gasteiger partial charge in [0.2, 0.25) is 0 Å². The molecule has 0 fully saturated rings. The third-order valence-corrected chi connectivity index (χ3v) is 6.02. The Balaban J connectivity index is 2.57. The summed E-state index contributed by atoms with van der Waals surface area (Å²) < 4.78 is 35.6. The van der Waals surface area contributed by atoms with Crippen LogP contribution in [0.25, 0.3) is 0 Å². The van der Waals surface area contributed by atoms with Crippen LogP contribution in [0.15, 0.2) is 48.5 Å². The predicted octanol–water partition coefficient (Wildman–Crippen LogP) is 5.08. The van der Waals surface area contributed by atoms with Gasteiger partial charge in [-0.25, -0.2) is 0 Å². The zero-order valence-electron chi connectivity index (χ0n) is 15.6. The quantitative estimate of drug-likeness (QED) is 0.581. The van der Waals surface area contributed by atoms with Crippen LogP contribution in [-0.2, 0) is 13.6 Å². The van der Waals surface area contributed by atoms with Gasteiger partial charge in [0.05, 0.1) is 27.4 Å². The van der Waals surface area contributed by atoms with E-state index in [0.717, 1.165) is 5.69 Å². The summed E-state index contributed by atoms with van der Waals surface area (Å²) >= 11 is 0. The normalized spacial score (nSPS) is 12.5. The van der Waals surface area contributed by atoms with Crippen LogP contribution in [0.1, 0.15) is 25.2 Å². The first kappa shape index (κ1) is 20.3. The second kappa shape index (κ2) is 9.62. The highest BCUT2D eigenvalue weighted by Crippen LogP contribution is 2.62. The van der Waals surface area contributed by atoms with Crippen molar-refractivity contribution in [2.24, 2.45) is 0 Å². The minimum atomic E-state index is -3.53. The SMILES string of the molecule is CCOP(=O)(OCC)[C@H](Nc1ccccc1)c1cc(OC)ccc1OC. The average molecular weight is 379 g/mol. The Morgan fingerprint density at radius 2 is 1.62 bits per heavy atom. The molecule has 0 amide bonds. The van der Waals surface area contributed by atoms with Crippen molar-refractivity contribution in [3.63, 3.8) is 0 Å². The van der Waals surface area contributed by atoms with E-state index < -0.39 is 13.4 Å². The number of benzene rings is 2. The Morgan fingerprint density at radius 1 is 0.962 bits per heavy atom. The monoisotopic (exact) mass is 379 g/mol. The molecule has 0 bridgehead atoms. The lowest BCUT2D eigenvalue weighted by atomic mass is 10.1. The summed E-state index contributed by atoms with van der Waals surface area (Å²) in [6.45, 7) is 4.09. The van der Waals surface area contributed by atoms with E-state index in [1.165, 1.54) is 0 Å². The summed E-state index contributed by atoms with van der Waals surface area (Å²) in [5.74, 6) is 0.439. The van der Waals surface area contributed by atoms with Crippen LogP contribution in [-0.4, -0.2) is 27.4 Å². The lowest BCUT2D eigenvalue weighted by molar-refractivity contribution is 0.213. The molecular weight excluding hydrogens is 353 g/mol. The Bertz CT molecular complexity index is 728. The van der Waals surface area contributed by atoms with Gasteiger partial charge in [0, 0.05) is 11.3 Å². The summed E-state index contributed by atoms with van der Waals surface area (Å²) in [4.78, 5) is 0. The predicted molar refractivity (Wildman–Crippen MR) is 103 cm³/mol. The molecule has 0 aliphatic heterocycles. The van der Waals surface area contributed by atoms with E-state index in [1.54, 1.807) is 46.3 Å². The molecule has 0 aromatic heterocycles. The van der Waals surface area contributed by atoms with Gasteiger partial charge in [-0.3, -0.25) is 4.57 Å². The molecule has 0 radical (unpaired) electrons. The van der Waals surface area contributed by atoms with Crippen LogP contribution in [0.5, 0.6) is 11.5 Å². The largest absolute Gasteiger partial charge is 0.497 e. The molecule has 26 heavy (non-hydrogen) atoms. The second-order valence-corrected chi connectivity index (χ2v) is 7.51. The first-order valence-corrected chi connectivity index (χ1v) is 10.1. The molecule has 2 aromatic carbocycles. The number of ether oxygens (including phenoxy) is 2. The Hall–Kier alpha value is -2.01. The summed E-state index contributed by atoms with van der Waals surface area (Å²) in [6.07, 6.45) is 0. The van der Waals surface area contributed by atoms with Crippen LogP contribution in [0.4, 0.5) is 5.69 Å². The molecule has 142 valence electrons. The molecule has 6 nitrogen and oxygen atoms in total. The molecule has 0 aliphatic rings. The lowest BCUT2D eigenvalue weighted by Gasteiger charge is -2.29. The van der Waals surface area contributed by atoms with Crippen molar-refractivity contribution >= 4 is 13.3 Å². The maximum Gasteiger partial charge on any atom is 0.357 e. The molecule has 2 aromatic rings. The van der Waals surface area contributed by atoms with Gasteiger partial charge in [-0.05, 0) is 44.2 Å². The van der Waals surface area contributed by atoms with Crippen LogP contribution in [0.3, 0.4) is 0 Å². The lowest BCUT2D eigenvalue weighted by Crippen LogP contribution is -2.16. The van der Waals surface area contributed by atoms with Gasteiger partial charge in [0.1, 0.15) is 11.5 Å². The minimum absolute atomic E-state index is 0.260. The average Bonchev–Trinajstić information content (AvgIpc) is 2.66. The number of hydrogen-bond donors (Lipinski definition) is 1. The van der Waals surface area contributed by atoms with Gasteiger partial charge < -0.3 is 23.8 Å². The first-order valence-electron chi connectivity index (χ1n) is 8.50. The van der Waals surface area contributed by atoms with Gasteiger partial charge in [0.25, 0.3) is 0 Å². The molecule has 1 N–H and O–H groups in total. The summed E-state index contributed by atoms with van der Waals surface area (Å²) in [6, 6.07) is 14.8. The van der Waals surface area contributed by atoms with Gasteiger partial charge in [0.15, 0.2) is 5.78 Å². The van der Waals surface area contributed by atoms with Crippen molar-refractivity contribution in [1.29, 1.82) is 0 Å². The van der Waals surface area contributed by atoms with E-state index in [0.29, 0.717) is 17.1 Å². The second-order valence-electron chi connectivity index (χ2n) is 5.40. The molecular formula is C19H26NO5P. The Kier molecular flexibility index (Phi) is 7.51. The number of anilines is 1. The van der Waals surface area contributed by atoms with Crippen LogP contribution in [0, 0.1) is 0 Å². The van der Waals surface area contributed by atoms with E-state index in [1.807, 2.05) is 30.3 Å². The van der Waals surface area contributed by atoms with E-state index in [9.17, 15) is 4.57 Å². The molecule has 1 atom stereocenters. The zero-order valence-corrected chi connectivity index (χ0v) is 16.5. The molecule has 7 heteroatoms. The smallest absolute Gasteiger partial charge is 0.357 e. The van der Waals surface area contributed by atoms with Crippen molar-refractivity contribution in [2.45, 2.75) is 19.6 Å². The van der Waals surface area contributed by atoms with Crippen LogP contribution >= 0.6 is 7.60 Å². The number of rotatable bonds is 10. The highest BCUT2D eigenvalue weighted by atomic mass is 31.2. The van der Waals surface area contributed by atoms with E-state index in [2.05, 4.69) is 5.32 Å². The topological polar surface area (TPSA) is 66.0 Å². The maximum absolute atomic E-state index is 13.6. The molecule has 0 spiro atoms. The number of hydrogen-bond acceptors (Lipinski definition) is 6. The standard InChI is InChI=1S/C19H26NO5P/c1-5-24-26(21,25-6-2)19(20-15-10-8-7-9-11-15)17-14-16(22-3)12-13-18(17)23-4/h7-14,19-20H,5-6H2,1-4H3/t19-/m0/s1. The van der Waals surface area contributed by atoms with E-state index >= 15 is 0 Å². The van der Waals surface area contributed by atoms with Crippen molar-refractivity contribution in [3.8, 4) is 11.5 Å². The fraction of sp³-hybridized carbons (Fsp3) is 0.368. The van der Waals surface area contributed by atoms with Crippen molar-refractivity contribution in [2.75, 3.05) is 32.8 Å². The van der Waals surface area contributed by atoms with E-state index in [4.69, 9.17) is 18.5 Å². The molecule has 0 heterocycles. The minimum Gasteiger partial charge on any atom is -0.497 e. The van der Waals surface area contributed by atoms with Gasteiger partial charge >= 0.3 is 7.60 Å². The molecule has 0 aliphatic carbocycles. The van der Waals surface area contributed by atoms with Crippen molar-refractivity contribution in [1.82, 2.24) is 0 Å². The summed E-state index contributed by atoms with van der Waals surface area (Å²) in [5.41, 5.74) is 1.43. The van der Waals surface area contributed by atoms with Crippen LogP contribution < -0.4 is 14.8 Å². The number of nitrogens with one attached hydrogen (secondary N) is 1. The van der Waals surface area contributed by atoms with Crippen molar-refractivity contribution < 1.29 is 23.1 Å². The van der Waals surface area contributed by atoms with Gasteiger partial charge in [-0.1, -0.05) is 18.2 Å². The maximum atomic E-state index is 13.6. The van der Waals surface area contributed by atoms with E-state index in [-0.39, 0.29) is 13.2 Å². The third kappa shape index (κ3) is 4.79. The van der Waals surface area contributed by atoms with Gasteiger partial charge in [-0.2, -0.15) is 0 Å². The Labute approximate surface area is 155 Å². The third-order valence-electron chi connectivity index (χ3n) is 3.74. The fourth-order valence-corrected chi connectivity index (χ4v) is 4.56. The number of methoxy groups -OCH3 is 2. The zero-order chi connectivity index (χ0) is 19.0. The van der Waals surface area contributed by atoms with Gasteiger partial charge in [-0.15, -0.1) is 0 Å². The summed E-state index contributed by atoms with van der Waals surface area (Å²) in [7, 11) is -0.388. The highest BCUT2D eigenvalue weighted by Gasteiger charge is 2.39. The van der Waals surface area contributed by atoms with Crippen molar-refractivity contribution in [3.05, 3.63) is 54.1 Å².